The van der Waals surface area contributed by atoms with Crippen molar-refractivity contribution < 1.29 is 14.2 Å². The molecular weight excluding hydrogens is 218 g/mol. The molecule has 0 aliphatic heterocycles. The van der Waals surface area contributed by atoms with E-state index in [4.69, 9.17) is 19.5 Å². The van der Waals surface area contributed by atoms with Gasteiger partial charge in [-0.1, -0.05) is 20.8 Å². The van der Waals surface area contributed by atoms with Gasteiger partial charge in [0.15, 0.2) is 11.5 Å². The number of nitrogens with zero attached hydrogens (tertiary/aromatic N) is 1. The Labute approximate surface area is 102 Å². The number of methoxy groups -OCH3 is 2. The first-order valence-corrected chi connectivity index (χ1v) is 5.26. The molecule has 0 saturated heterocycles. The van der Waals surface area contributed by atoms with E-state index in [1.165, 1.54) is 7.11 Å². The average molecular weight is 235 g/mol. The Morgan fingerprint density at radius 3 is 2.06 bits per heavy atom. The zero-order chi connectivity index (χ0) is 13.1. The van der Waals surface area contributed by atoms with Crippen LogP contribution in [0.1, 0.15) is 26.3 Å². The van der Waals surface area contributed by atoms with Crippen LogP contribution in [0.15, 0.2) is 12.1 Å². The van der Waals surface area contributed by atoms with E-state index in [0.717, 1.165) is 5.56 Å². The molecule has 0 radical (unpaired) electrons. The van der Waals surface area contributed by atoms with Crippen LogP contribution < -0.4 is 14.2 Å². The maximum absolute atomic E-state index is 8.63. The van der Waals surface area contributed by atoms with Gasteiger partial charge in [0.2, 0.25) is 5.75 Å². The molecule has 92 valence electrons. The molecule has 0 bridgehead atoms. The van der Waals surface area contributed by atoms with Crippen LogP contribution in [0.25, 0.3) is 0 Å². The summed E-state index contributed by atoms with van der Waals surface area (Å²) in [4.78, 5) is 0. The highest BCUT2D eigenvalue weighted by Crippen LogP contribution is 2.41. The molecule has 1 rings (SSSR count). The highest BCUT2D eigenvalue weighted by Gasteiger charge is 2.21. The summed E-state index contributed by atoms with van der Waals surface area (Å²) in [5.74, 6) is 1.37. The standard InChI is InChI=1S/C13H17NO3/c1-13(2,3)9-6-10(15-4)12(16-5)11(7-9)17-8-14/h6-7H,1-5H3. The zero-order valence-electron chi connectivity index (χ0n) is 10.8. The van der Waals surface area contributed by atoms with Crippen molar-refractivity contribution in [3.8, 4) is 23.5 Å². The van der Waals surface area contributed by atoms with E-state index in [2.05, 4.69) is 20.8 Å². The summed E-state index contributed by atoms with van der Waals surface area (Å²) in [5, 5.41) is 8.63. The van der Waals surface area contributed by atoms with Crippen molar-refractivity contribution in [2.75, 3.05) is 14.2 Å². The fraction of sp³-hybridized carbons (Fsp3) is 0.462. The van der Waals surface area contributed by atoms with Crippen molar-refractivity contribution in [3.05, 3.63) is 17.7 Å². The molecule has 0 N–H and O–H groups in total. The molecule has 4 heteroatoms. The maximum atomic E-state index is 8.63. The van der Waals surface area contributed by atoms with Crippen LogP contribution in [-0.2, 0) is 5.41 Å². The lowest BCUT2D eigenvalue weighted by Gasteiger charge is -2.21. The lowest BCUT2D eigenvalue weighted by Crippen LogP contribution is -2.11. The van der Waals surface area contributed by atoms with Crippen molar-refractivity contribution in [1.82, 2.24) is 0 Å². The van der Waals surface area contributed by atoms with Gasteiger partial charge in [-0.25, -0.2) is 0 Å². The van der Waals surface area contributed by atoms with Gasteiger partial charge in [-0.2, -0.15) is 0 Å². The average Bonchev–Trinajstić information content (AvgIpc) is 2.27. The third-order valence-corrected chi connectivity index (χ3v) is 2.47. The molecule has 1 aromatic carbocycles. The summed E-state index contributed by atoms with van der Waals surface area (Å²) in [6.45, 7) is 6.22. The van der Waals surface area contributed by atoms with Crippen molar-refractivity contribution in [2.24, 2.45) is 0 Å². The van der Waals surface area contributed by atoms with E-state index in [1.54, 1.807) is 19.4 Å². The SMILES string of the molecule is COc1cc(C(C)(C)C)cc(OC#N)c1OC. The Morgan fingerprint density at radius 2 is 1.65 bits per heavy atom. The smallest absolute Gasteiger partial charge is 0.292 e. The van der Waals surface area contributed by atoms with Gasteiger partial charge in [0, 0.05) is 0 Å². The van der Waals surface area contributed by atoms with E-state index in [0.29, 0.717) is 17.2 Å². The van der Waals surface area contributed by atoms with Crippen LogP contribution >= 0.6 is 0 Å². The molecule has 0 aliphatic carbocycles. The molecular formula is C13H17NO3. The number of ether oxygens (including phenoxy) is 3. The Balaban J connectivity index is 3.41. The van der Waals surface area contributed by atoms with Crippen LogP contribution in [0.5, 0.6) is 17.2 Å². The molecule has 0 amide bonds. The van der Waals surface area contributed by atoms with Crippen LogP contribution in [0.3, 0.4) is 0 Å². The van der Waals surface area contributed by atoms with Crippen molar-refractivity contribution in [1.29, 1.82) is 5.26 Å². The van der Waals surface area contributed by atoms with Gasteiger partial charge >= 0.3 is 0 Å². The van der Waals surface area contributed by atoms with Crippen LogP contribution in [0.2, 0.25) is 0 Å². The number of nitriles is 1. The van der Waals surface area contributed by atoms with Gasteiger partial charge in [0.05, 0.1) is 14.2 Å². The Morgan fingerprint density at radius 1 is 1.06 bits per heavy atom. The van der Waals surface area contributed by atoms with Crippen molar-refractivity contribution >= 4 is 0 Å². The minimum Gasteiger partial charge on any atom is -0.493 e. The second-order valence-corrected chi connectivity index (χ2v) is 4.65. The molecule has 0 unspecified atom stereocenters. The molecule has 0 fully saturated rings. The quantitative estimate of drug-likeness (QED) is 0.756. The topological polar surface area (TPSA) is 51.5 Å². The summed E-state index contributed by atoms with van der Waals surface area (Å²) in [5.41, 5.74) is 0.952. The van der Waals surface area contributed by atoms with E-state index in [9.17, 15) is 0 Å². The molecule has 0 aromatic heterocycles. The normalized spacial score (nSPS) is 10.6. The number of hydrogen-bond acceptors (Lipinski definition) is 4. The molecule has 0 atom stereocenters. The van der Waals surface area contributed by atoms with Crippen molar-refractivity contribution in [3.63, 3.8) is 0 Å². The van der Waals surface area contributed by atoms with E-state index in [1.807, 2.05) is 6.07 Å². The molecule has 17 heavy (non-hydrogen) atoms. The largest absolute Gasteiger partial charge is 0.493 e. The number of benzene rings is 1. The van der Waals surface area contributed by atoms with Gasteiger partial charge in [-0.05, 0) is 23.1 Å². The summed E-state index contributed by atoms with van der Waals surface area (Å²) in [7, 11) is 3.07. The molecule has 0 heterocycles. The lowest BCUT2D eigenvalue weighted by atomic mass is 9.86. The maximum Gasteiger partial charge on any atom is 0.292 e. The monoisotopic (exact) mass is 235 g/mol. The summed E-state index contributed by atoms with van der Waals surface area (Å²) >= 11 is 0. The highest BCUT2D eigenvalue weighted by atomic mass is 16.5. The first-order valence-electron chi connectivity index (χ1n) is 5.26. The number of rotatable bonds is 3. The minimum atomic E-state index is -0.0624. The first-order chi connectivity index (χ1) is 7.93. The predicted octanol–water partition coefficient (Wildman–Crippen LogP) is 2.86. The van der Waals surface area contributed by atoms with Gasteiger partial charge in [-0.15, -0.1) is 5.26 Å². The van der Waals surface area contributed by atoms with E-state index >= 15 is 0 Å². The van der Waals surface area contributed by atoms with Crippen LogP contribution in [-0.4, -0.2) is 14.2 Å². The predicted molar refractivity (Wildman–Crippen MR) is 64.5 cm³/mol. The fourth-order valence-corrected chi connectivity index (χ4v) is 1.49. The molecule has 0 spiro atoms. The fourth-order valence-electron chi connectivity index (χ4n) is 1.49. The molecule has 0 aliphatic rings. The highest BCUT2D eigenvalue weighted by molar-refractivity contribution is 5.55. The summed E-state index contributed by atoms with van der Waals surface area (Å²) in [6.07, 6.45) is 1.65. The minimum absolute atomic E-state index is 0.0624. The third-order valence-electron chi connectivity index (χ3n) is 2.47. The van der Waals surface area contributed by atoms with E-state index in [-0.39, 0.29) is 5.41 Å². The van der Waals surface area contributed by atoms with E-state index < -0.39 is 0 Å². The van der Waals surface area contributed by atoms with Crippen LogP contribution in [0.4, 0.5) is 0 Å². The Kier molecular flexibility index (Phi) is 3.84. The third kappa shape index (κ3) is 2.82. The van der Waals surface area contributed by atoms with Gasteiger partial charge in [-0.3, -0.25) is 0 Å². The summed E-state index contributed by atoms with van der Waals surface area (Å²) < 4.78 is 15.3. The van der Waals surface area contributed by atoms with Crippen molar-refractivity contribution in [2.45, 2.75) is 26.2 Å². The molecule has 1 aromatic rings. The van der Waals surface area contributed by atoms with Crippen LogP contribution in [0, 0.1) is 11.5 Å². The van der Waals surface area contributed by atoms with Gasteiger partial charge in [0.25, 0.3) is 6.26 Å². The Bertz CT molecular complexity index is 441. The number of hydrogen-bond donors (Lipinski definition) is 0. The van der Waals surface area contributed by atoms with Gasteiger partial charge in [0.1, 0.15) is 0 Å². The Hall–Kier alpha value is -1.89. The zero-order valence-corrected chi connectivity index (χ0v) is 10.8. The summed E-state index contributed by atoms with van der Waals surface area (Å²) in [6, 6.07) is 3.69. The second kappa shape index (κ2) is 4.96. The molecule has 0 saturated carbocycles. The first kappa shape index (κ1) is 13.2. The molecule has 4 nitrogen and oxygen atoms in total. The lowest BCUT2D eigenvalue weighted by molar-refractivity contribution is 0.337. The second-order valence-electron chi connectivity index (χ2n) is 4.65. The van der Waals surface area contributed by atoms with Gasteiger partial charge < -0.3 is 14.2 Å².